The molecule has 1 aromatic rings. The molecule has 1 amide bonds. The van der Waals surface area contributed by atoms with Gasteiger partial charge in [0.2, 0.25) is 0 Å². The number of aryl methyl sites for hydroxylation is 1. The van der Waals surface area contributed by atoms with Crippen LogP contribution in [-0.4, -0.2) is 12.5 Å². The smallest absolute Gasteiger partial charge is 0.267 e. The number of carbonyl (C=O) groups is 1. The minimum atomic E-state index is -0.369. The SMILES string of the molecule is CCCCCN/C=C(/C#N)C(=O)Nc1c(C)cccc1C(C)C. The Kier molecular flexibility index (Phi) is 7.90. The minimum Gasteiger partial charge on any atom is -0.390 e. The van der Waals surface area contributed by atoms with Crippen LogP contribution < -0.4 is 10.6 Å². The van der Waals surface area contributed by atoms with Crippen LogP contribution in [0.3, 0.4) is 0 Å². The van der Waals surface area contributed by atoms with E-state index in [9.17, 15) is 10.1 Å². The summed E-state index contributed by atoms with van der Waals surface area (Å²) in [5.41, 5.74) is 2.98. The Morgan fingerprint density at radius 3 is 2.70 bits per heavy atom. The number of unbranched alkanes of at least 4 members (excludes halogenated alkanes) is 2. The van der Waals surface area contributed by atoms with E-state index < -0.39 is 0 Å². The number of nitriles is 1. The van der Waals surface area contributed by atoms with E-state index in [1.54, 1.807) is 0 Å². The van der Waals surface area contributed by atoms with Crippen LogP contribution in [0, 0.1) is 18.3 Å². The number of hydrogen-bond acceptors (Lipinski definition) is 3. The molecule has 0 spiro atoms. The van der Waals surface area contributed by atoms with Crippen molar-refractivity contribution < 1.29 is 4.79 Å². The van der Waals surface area contributed by atoms with Crippen LogP contribution >= 0.6 is 0 Å². The lowest BCUT2D eigenvalue weighted by Gasteiger charge is -2.16. The fraction of sp³-hybridized carbons (Fsp3) is 0.474. The van der Waals surface area contributed by atoms with Crippen molar-refractivity contribution in [1.29, 1.82) is 5.26 Å². The summed E-state index contributed by atoms with van der Waals surface area (Å²) in [4.78, 5) is 12.3. The highest BCUT2D eigenvalue weighted by Gasteiger charge is 2.14. The first-order valence-corrected chi connectivity index (χ1v) is 8.25. The number of amides is 1. The summed E-state index contributed by atoms with van der Waals surface area (Å²) in [6.07, 6.45) is 4.82. The van der Waals surface area contributed by atoms with Gasteiger partial charge < -0.3 is 10.6 Å². The van der Waals surface area contributed by atoms with E-state index in [-0.39, 0.29) is 11.5 Å². The van der Waals surface area contributed by atoms with Crippen molar-refractivity contribution in [3.05, 3.63) is 41.1 Å². The van der Waals surface area contributed by atoms with Gasteiger partial charge in [0.25, 0.3) is 5.91 Å². The molecule has 4 nitrogen and oxygen atoms in total. The highest BCUT2D eigenvalue weighted by atomic mass is 16.1. The van der Waals surface area contributed by atoms with E-state index in [0.29, 0.717) is 5.92 Å². The summed E-state index contributed by atoms with van der Waals surface area (Å²) < 4.78 is 0. The van der Waals surface area contributed by atoms with Crippen molar-refractivity contribution in [3.8, 4) is 6.07 Å². The molecule has 0 aliphatic rings. The Morgan fingerprint density at radius 1 is 1.35 bits per heavy atom. The van der Waals surface area contributed by atoms with Gasteiger partial charge in [0.1, 0.15) is 11.6 Å². The molecule has 0 aromatic heterocycles. The lowest BCUT2D eigenvalue weighted by molar-refractivity contribution is -0.112. The van der Waals surface area contributed by atoms with Crippen LogP contribution in [0.1, 0.15) is 57.1 Å². The van der Waals surface area contributed by atoms with Crippen molar-refractivity contribution in [2.75, 3.05) is 11.9 Å². The number of rotatable bonds is 8. The van der Waals surface area contributed by atoms with Crippen LogP contribution in [0.4, 0.5) is 5.69 Å². The Balaban J connectivity index is 2.81. The summed E-state index contributed by atoms with van der Waals surface area (Å²) in [7, 11) is 0. The lowest BCUT2D eigenvalue weighted by atomic mass is 9.98. The molecule has 0 aliphatic carbocycles. The number of para-hydroxylation sites is 1. The molecule has 0 unspecified atom stereocenters. The Morgan fingerprint density at radius 2 is 2.09 bits per heavy atom. The van der Waals surface area contributed by atoms with Crippen molar-refractivity contribution in [2.45, 2.75) is 52.9 Å². The maximum Gasteiger partial charge on any atom is 0.267 e. The van der Waals surface area contributed by atoms with E-state index in [1.165, 1.54) is 6.20 Å². The van der Waals surface area contributed by atoms with Gasteiger partial charge in [0, 0.05) is 18.4 Å². The molecule has 0 atom stereocenters. The summed E-state index contributed by atoms with van der Waals surface area (Å²) >= 11 is 0. The third-order valence-corrected chi connectivity index (χ3v) is 3.70. The average molecular weight is 313 g/mol. The minimum absolute atomic E-state index is 0.0967. The molecule has 1 aromatic carbocycles. The third-order valence-electron chi connectivity index (χ3n) is 3.70. The summed E-state index contributed by atoms with van der Waals surface area (Å²) in [5.74, 6) is -0.0708. The van der Waals surface area contributed by atoms with Crippen LogP contribution in [0.5, 0.6) is 0 Å². The van der Waals surface area contributed by atoms with E-state index in [4.69, 9.17) is 0 Å². The molecule has 2 N–H and O–H groups in total. The van der Waals surface area contributed by atoms with Crippen LogP contribution in [0.25, 0.3) is 0 Å². The number of benzene rings is 1. The van der Waals surface area contributed by atoms with E-state index in [0.717, 1.165) is 42.6 Å². The van der Waals surface area contributed by atoms with E-state index in [1.807, 2.05) is 31.2 Å². The highest BCUT2D eigenvalue weighted by molar-refractivity contribution is 6.07. The molecule has 0 saturated heterocycles. The van der Waals surface area contributed by atoms with Crippen LogP contribution in [0.15, 0.2) is 30.0 Å². The quantitative estimate of drug-likeness (QED) is 0.428. The molecule has 23 heavy (non-hydrogen) atoms. The first kappa shape index (κ1) is 18.8. The molecular formula is C19H27N3O. The van der Waals surface area contributed by atoms with Crippen molar-refractivity contribution in [1.82, 2.24) is 5.32 Å². The molecule has 0 bridgehead atoms. The molecule has 124 valence electrons. The summed E-state index contributed by atoms with van der Waals surface area (Å²) in [6.45, 7) is 9.04. The van der Waals surface area contributed by atoms with Crippen molar-refractivity contribution in [3.63, 3.8) is 0 Å². The highest BCUT2D eigenvalue weighted by Crippen LogP contribution is 2.27. The standard InChI is InChI=1S/C19H27N3O/c1-5-6-7-11-21-13-16(12-20)19(23)22-18-15(4)9-8-10-17(18)14(2)3/h8-10,13-14,21H,5-7,11H2,1-4H3,(H,22,23)/b16-13-. The number of anilines is 1. The van der Waals surface area contributed by atoms with Gasteiger partial charge in [-0.2, -0.15) is 5.26 Å². The molecule has 0 aliphatic heterocycles. The van der Waals surface area contributed by atoms with Crippen molar-refractivity contribution >= 4 is 11.6 Å². The zero-order chi connectivity index (χ0) is 17.2. The Hall–Kier alpha value is -2.28. The van der Waals surface area contributed by atoms with Gasteiger partial charge in [-0.15, -0.1) is 0 Å². The van der Waals surface area contributed by atoms with Gasteiger partial charge in [-0.05, 0) is 30.4 Å². The third kappa shape index (κ3) is 5.78. The average Bonchev–Trinajstić information content (AvgIpc) is 2.52. The predicted molar refractivity (Wildman–Crippen MR) is 95.1 cm³/mol. The topological polar surface area (TPSA) is 64.9 Å². The number of nitrogens with zero attached hydrogens (tertiary/aromatic N) is 1. The molecular weight excluding hydrogens is 286 g/mol. The monoisotopic (exact) mass is 313 g/mol. The molecule has 4 heteroatoms. The zero-order valence-electron chi connectivity index (χ0n) is 14.6. The second kappa shape index (κ2) is 9.68. The van der Waals surface area contributed by atoms with Crippen molar-refractivity contribution in [2.24, 2.45) is 0 Å². The van der Waals surface area contributed by atoms with Crippen LogP contribution in [-0.2, 0) is 4.79 Å². The maximum absolute atomic E-state index is 12.3. The summed E-state index contributed by atoms with van der Waals surface area (Å²) in [6, 6.07) is 7.92. The zero-order valence-corrected chi connectivity index (χ0v) is 14.6. The van der Waals surface area contributed by atoms with E-state index >= 15 is 0 Å². The molecule has 0 radical (unpaired) electrons. The molecule has 0 fully saturated rings. The molecule has 0 heterocycles. The number of carbonyl (C=O) groups excluding carboxylic acids is 1. The first-order valence-electron chi connectivity index (χ1n) is 8.25. The number of nitrogens with one attached hydrogen (secondary N) is 2. The first-order chi connectivity index (χ1) is 11.0. The predicted octanol–water partition coefficient (Wildman–Crippen LogP) is 4.24. The van der Waals surface area contributed by atoms with Gasteiger partial charge in [-0.3, -0.25) is 4.79 Å². The van der Waals surface area contributed by atoms with Gasteiger partial charge in [0.15, 0.2) is 0 Å². The summed E-state index contributed by atoms with van der Waals surface area (Å²) in [5, 5.41) is 15.1. The van der Waals surface area contributed by atoms with Crippen LogP contribution in [0.2, 0.25) is 0 Å². The molecule has 1 rings (SSSR count). The maximum atomic E-state index is 12.3. The fourth-order valence-electron chi connectivity index (χ4n) is 2.32. The lowest BCUT2D eigenvalue weighted by Crippen LogP contribution is -2.19. The second-order valence-electron chi connectivity index (χ2n) is 5.98. The van der Waals surface area contributed by atoms with Gasteiger partial charge >= 0.3 is 0 Å². The largest absolute Gasteiger partial charge is 0.390 e. The normalized spacial score (nSPS) is 11.2. The molecule has 0 saturated carbocycles. The van der Waals surface area contributed by atoms with Gasteiger partial charge in [0.05, 0.1) is 0 Å². The number of hydrogen-bond donors (Lipinski definition) is 2. The fourth-order valence-corrected chi connectivity index (χ4v) is 2.32. The Bertz CT molecular complexity index is 597. The second-order valence-corrected chi connectivity index (χ2v) is 5.98. The van der Waals surface area contributed by atoms with Gasteiger partial charge in [-0.1, -0.05) is 51.8 Å². The van der Waals surface area contributed by atoms with Gasteiger partial charge in [-0.25, -0.2) is 0 Å². The van der Waals surface area contributed by atoms with E-state index in [2.05, 4.69) is 31.4 Å². The Labute approximate surface area is 139 Å².